The van der Waals surface area contributed by atoms with Gasteiger partial charge < -0.3 is 16.4 Å². The van der Waals surface area contributed by atoms with Crippen molar-refractivity contribution in [2.75, 3.05) is 24.4 Å². The number of hydrogen-bond donors (Lipinski definition) is 4. The molecule has 0 aromatic heterocycles. The topological polar surface area (TPSA) is 144 Å². The molecule has 104 valence electrons. The van der Waals surface area contributed by atoms with Crippen LogP contribution < -0.4 is 21.8 Å². The van der Waals surface area contributed by atoms with Crippen molar-refractivity contribution < 1.29 is 4.79 Å². The quantitative estimate of drug-likeness (QED) is 0.341. The minimum Gasteiger partial charge on any atom is -0.382 e. The Morgan fingerprint density at radius 2 is 2.10 bits per heavy atom. The maximum absolute atomic E-state index is 11.4. The number of carbonyl (C=O) groups is 1. The number of primary amides is 1. The molecule has 20 heavy (non-hydrogen) atoms. The fourth-order valence-corrected chi connectivity index (χ4v) is 1.46. The summed E-state index contributed by atoms with van der Waals surface area (Å²) in [5, 5.41) is 19.5. The Kier molecular flexibility index (Phi) is 4.64. The monoisotopic (exact) mass is 273 g/mol. The van der Waals surface area contributed by atoms with Crippen LogP contribution in [0.5, 0.6) is 0 Å². The van der Waals surface area contributed by atoms with Gasteiger partial charge in [-0.1, -0.05) is 0 Å². The molecule has 1 amide bonds. The molecule has 1 rings (SSSR count). The SMILES string of the molecule is CN(C)c1ccc(N/N=C(\C#N)C(=N)N)cc1C(N)=O. The molecule has 0 aliphatic carbocycles. The third-order valence-corrected chi connectivity index (χ3v) is 2.40. The Balaban J connectivity index is 3.11. The number of benzene rings is 1. The number of nitrogens with zero attached hydrogens (tertiary/aromatic N) is 3. The predicted molar refractivity (Wildman–Crippen MR) is 77.9 cm³/mol. The number of amides is 1. The van der Waals surface area contributed by atoms with Crippen molar-refractivity contribution in [1.29, 1.82) is 10.7 Å². The molecule has 8 heteroatoms. The van der Waals surface area contributed by atoms with E-state index in [2.05, 4.69) is 10.5 Å². The van der Waals surface area contributed by atoms with Crippen LogP contribution in [0.3, 0.4) is 0 Å². The number of nitrogens with two attached hydrogens (primary N) is 2. The second-order valence-electron chi connectivity index (χ2n) is 4.09. The van der Waals surface area contributed by atoms with Crippen LogP contribution in [-0.2, 0) is 0 Å². The molecule has 0 unspecified atom stereocenters. The van der Waals surface area contributed by atoms with Crippen molar-refractivity contribution in [3.05, 3.63) is 23.8 Å². The molecule has 1 aromatic rings. The molecule has 0 heterocycles. The lowest BCUT2D eigenvalue weighted by molar-refractivity contribution is 0.100. The molecular weight excluding hydrogens is 258 g/mol. The number of amidine groups is 1. The Morgan fingerprint density at radius 3 is 2.55 bits per heavy atom. The van der Waals surface area contributed by atoms with E-state index < -0.39 is 11.7 Å². The fourth-order valence-electron chi connectivity index (χ4n) is 1.46. The van der Waals surface area contributed by atoms with Gasteiger partial charge in [0.2, 0.25) is 5.71 Å². The van der Waals surface area contributed by atoms with Gasteiger partial charge >= 0.3 is 0 Å². The minimum absolute atomic E-state index is 0.248. The standard InChI is InChI=1S/C12H15N7O/c1-19(2)10-4-3-7(5-8(10)12(16)20)17-18-9(6-13)11(14)15/h3-5,17H,1-2H3,(H3,14,15)(H2,16,20)/b18-9+. The summed E-state index contributed by atoms with van der Waals surface area (Å²) in [5.74, 6) is -1.02. The highest BCUT2D eigenvalue weighted by Crippen LogP contribution is 2.22. The number of anilines is 2. The maximum Gasteiger partial charge on any atom is 0.250 e. The fraction of sp³-hybridized carbons (Fsp3) is 0.167. The molecule has 0 saturated heterocycles. The molecule has 8 nitrogen and oxygen atoms in total. The van der Waals surface area contributed by atoms with Crippen LogP contribution in [0, 0.1) is 16.7 Å². The first-order chi connectivity index (χ1) is 9.36. The highest BCUT2D eigenvalue weighted by atomic mass is 16.1. The summed E-state index contributed by atoms with van der Waals surface area (Å²) in [5.41, 5.74) is 14.2. The molecule has 0 aliphatic rings. The number of hydrogen-bond acceptors (Lipinski definition) is 6. The van der Waals surface area contributed by atoms with Gasteiger partial charge in [0.05, 0.1) is 11.3 Å². The van der Waals surface area contributed by atoms with E-state index in [4.69, 9.17) is 22.1 Å². The first kappa shape index (κ1) is 15.0. The van der Waals surface area contributed by atoms with Crippen LogP contribution in [0.15, 0.2) is 23.3 Å². The van der Waals surface area contributed by atoms with Crippen molar-refractivity contribution in [2.45, 2.75) is 0 Å². The Labute approximate surface area is 116 Å². The highest BCUT2D eigenvalue weighted by molar-refractivity contribution is 6.45. The summed E-state index contributed by atoms with van der Waals surface area (Å²) >= 11 is 0. The minimum atomic E-state index is -0.576. The van der Waals surface area contributed by atoms with Crippen LogP contribution >= 0.6 is 0 Å². The average molecular weight is 273 g/mol. The smallest absolute Gasteiger partial charge is 0.250 e. The molecule has 0 fully saturated rings. The van der Waals surface area contributed by atoms with E-state index in [1.165, 1.54) is 6.07 Å². The zero-order valence-electron chi connectivity index (χ0n) is 11.1. The van der Waals surface area contributed by atoms with Gasteiger partial charge in [0.25, 0.3) is 5.91 Å². The van der Waals surface area contributed by atoms with Gasteiger partial charge in [-0.15, -0.1) is 0 Å². The van der Waals surface area contributed by atoms with E-state index >= 15 is 0 Å². The largest absolute Gasteiger partial charge is 0.382 e. The van der Waals surface area contributed by atoms with Crippen LogP contribution in [0.4, 0.5) is 11.4 Å². The molecule has 0 radical (unpaired) electrons. The van der Waals surface area contributed by atoms with E-state index in [0.29, 0.717) is 16.9 Å². The summed E-state index contributed by atoms with van der Waals surface area (Å²) in [7, 11) is 3.58. The lowest BCUT2D eigenvalue weighted by Crippen LogP contribution is -2.22. The third-order valence-electron chi connectivity index (χ3n) is 2.40. The highest BCUT2D eigenvalue weighted by Gasteiger charge is 2.11. The number of nitrogens with one attached hydrogen (secondary N) is 2. The van der Waals surface area contributed by atoms with Gasteiger partial charge in [0.15, 0.2) is 5.84 Å². The third kappa shape index (κ3) is 3.46. The molecule has 0 atom stereocenters. The summed E-state index contributed by atoms with van der Waals surface area (Å²) in [6.07, 6.45) is 0. The second-order valence-corrected chi connectivity index (χ2v) is 4.09. The van der Waals surface area contributed by atoms with Crippen LogP contribution in [-0.4, -0.2) is 31.5 Å². The first-order valence-corrected chi connectivity index (χ1v) is 5.56. The van der Waals surface area contributed by atoms with Crippen LogP contribution in [0.25, 0.3) is 0 Å². The summed E-state index contributed by atoms with van der Waals surface area (Å²) in [6, 6.07) is 6.55. The molecule has 0 spiro atoms. The van der Waals surface area contributed by atoms with Gasteiger partial charge in [-0.25, -0.2) is 0 Å². The molecular formula is C12H15N7O. The van der Waals surface area contributed by atoms with Gasteiger partial charge in [-0.05, 0) is 18.2 Å². The van der Waals surface area contributed by atoms with E-state index in [9.17, 15) is 4.79 Å². The normalized spacial score (nSPS) is 10.6. The van der Waals surface area contributed by atoms with E-state index in [-0.39, 0.29) is 5.71 Å². The van der Waals surface area contributed by atoms with Crippen molar-refractivity contribution in [3.63, 3.8) is 0 Å². The second kappa shape index (κ2) is 6.19. The summed E-state index contributed by atoms with van der Waals surface area (Å²) in [6.45, 7) is 0. The van der Waals surface area contributed by atoms with Gasteiger partial charge in [0.1, 0.15) is 6.07 Å². The molecule has 0 bridgehead atoms. The van der Waals surface area contributed by atoms with Gasteiger partial charge in [-0.3, -0.25) is 15.6 Å². The number of rotatable bonds is 5. The van der Waals surface area contributed by atoms with Crippen molar-refractivity contribution in [3.8, 4) is 6.07 Å². The Bertz CT molecular complexity index is 613. The molecule has 1 aromatic carbocycles. The van der Waals surface area contributed by atoms with Crippen LogP contribution in [0.1, 0.15) is 10.4 Å². The van der Waals surface area contributed by atoms with E-state index in [1.54, 1.807) is 37.2 Å². The zero-order chi connectivity index (χ0) is 15.3. The molecule has 0 saturated carbocycles. The molecule has 0 aliphatic heterocycles. The lowest BCUT2D eigenvalue weighted by atomic mass is 10.1. The zero-order valence-corrected chi connectivity index (χ0v) is 11.1. The van der Waals surface area contributed by atoms with Crippen molar-refractivity contribution in [1.82, 2.24) is 0 Å². The van der Waals surface area contributed by atoms with Crippen molar-refractivity contribution in [2.24, 2.45) is 16.6 Å². The maximum atomic E-state index is 11.4. The Hall–Kier alpha value is -3.08. The van der Waals surface area contributed by atoms with E-state index in [1.807, 2.05) is 0 Å². The Morgan fingerprint density at radius 1 is 1.45 bits per heavy atom. The predicted octanol–water partition coefficient (Wildman–Crippen LogP) is 0.0790. The average Bonchev–Trinajstić information content (AvgIpc) is 2.38. The number of carbonyl (C=O) groups excluding carboxylic acids is 1. The summed E-state index contributed by atoms with van der Waals surface area (Å²) < 4.78 is 0. The first-order valence-electron chi connectivity index (χ1n) is 5.56. The van der Waals surface area contributed by atoms with Gasteiger partial charge in [-0.2, -0.15) is 10.4 Å². The van der Waals surface area contributed by atoms with Gasteiger partial charge in [0, 0.05) is 19.8 Å². The number of hydrazone groups is 1. The van der Waals surface area contributed by atoms with Crippen LogP contribution in [0.2, 0.25) is 0 Å². The molecule has 6 N–H and O–H groups in total. The van der Waals surface area contributed by atoms with E-state index in [0.717, 1.165) is 0 Å². The number of nitriles is 1. The lowest BCUT2D eigenvalue weighted by Gasteiger charge is -2.16. The van der Waals surface area contributed by atoms with Crippen molar-refractivity contribution >= 4 is 28.8 Å². The summed E-state index contributed by atoms with van der Waals surface area (Å²) in [4.78, 5) is 13.2.